The van der Waals surface area contributed by atoms with Gasteiger partial charge in [0.1, 0.15) is 23.7 Å². The lowest BCUT2D eigenvalue weighted by molar-refractivity contribution is -0.158. The molecular formula is C27H47N5O7. The van der Waals surface area contributed by atoms with E-state index in [9.17, 15) is 28.8 Å². The van der Waals surface area contributed by atoms with Crippen LogP contribution in [0.1, 0.15) is 81.6 Å². The van der Waals surface area contributed by atoms with Crippen molar-refractivity contribution in [3.63, 3.8) is 0 Å². The molecule has 222 valence electrons. The molecule has 1 fully saturated rings. The van der Waals surface area contributed by atoms with Crippen molar-refractivity contribution in [2.75, 3.05) is 6.54 Å². The van der Waals surface area contributed by atoms with E-state index in [0.717, 1.165) is 6.42 Å². The number of rotatable bonds is 12. The van der Waals surface area contributed by atoms with E-state index < -0.39 is 65.3 Å². The van der Waals surface area contributed by atoms with Crippen LogP contribution in [0.3, 0.4) is 0 Å². The average Bonchev–Trinajstić information content (AvgIpc) is 3.26. The molecule has 0 aromatic rings. The molecule has 3 unspecified atom stereocenters. The number of primary amides is 1. The molecule has 1 rings (SSSR count). The molecule has 5 amide bonds. The Morgan fingerprint density at radius 1 is 0.923 bits per heavy atom. The molecule has 5 atom stereocenters. The van der Waals surface area contributed by atoms with Crippen molar-refractivity contribution >= 4 is 35.5 Å². The molecule has 0 saturated carbocycles. The first-order valence-corrected chi connectivity index (χ1v) is 13.7. The van der Waals surface area contributed by atoms with E-state index >= 15 is 0 Å². The Bertz CT molecular complexity index is 928. The number of likely N-dealkylation sites (tertiary alicyclic amines) is 1. The highest BCUT2D eigenvalue weighted by molar-refractivity contribution is 6.37. The minimum Gasteiger partial charge on any atom is -0.458 e. The molecule has 5 N–H and O–H groups in total. The third-order valence-corrected chi connectivity index (χ3v) is 6.67. The predicted molar refractivity (Wildman–Crippen MR) is 145 cm³/mol. The Kier molecular flexibility index (Phi) is 12.4. The van der Waals surface area contributed by atoms with Crippen LogP contribution in [0.4, 0.5) is 4.79 Å². The van der Waals surface area contributed by atoms with Gasteiger partial charge in [0.15, 0.2) is 0 Å². The quantitative estimate of drug-likeness (QED) is 0.208. The summed E-state index contributed by atoms with van der Waals surface area (Å²) in [7, 11) is 0. The number of amides is 5. The van der Waals surface area contributed by atoms with Gasteiger partial charge in [-0.15, -0.1) is 0 Å². The number of nitrogens with zero attached hydrogens (tertiary/aromatic N) is 1. The van der Waals surface area contributed by atoms with Gasteiger partial charge in [0.05, 0.1) is 6.04 Å². The third-order valence-electron chi connectivity index (χ3n) is 6.67. The van der Waals surface area contributed by atoms with Crippen molar-refractivity contribution in [1.82, 2.24) is 20.9 Å². The van der Waals surface area contributed by atoms with E-state index in [1.807, 2.05) is 6.92 Å². The molecule has 0 aromatic carbocycles. The Labute approximate surface area is 231 Å². The van der Waals surface area contributed by atoms with Crippen molar-refractivity contribution in [2.24, 2.45) is 23.5 Å². The fourth-order valence-electron chi connectivity index (χ4n) is 4.38. The van der Waals surface area contributed by atoms with Crippen LogP contribution in [0.2, 0.25) is 0 Å². The van der Waals surface area contributed by atoms with Crippen LogP contribution in [0.25, 0.3) is 0 Å². The zero-order valence-corrected chi connectivity index (χ0v) is 24.8. The average molecular weight is 554 g/mol. The smallest absolute Gasteiger partial charge is 0.329 e. The van der Waals surface area contributed by atoms with Crippen LogP contribution in [0.15, 0.2) is 0 Å². The van der Waals surface area contributed by atoms with Gasteiger partial charge in [-0.2, -0.15) is 0 Å². The molecular weight excluding hydrogens is 506 g/mol. The Morgan fingerprint density at radius 3 is 1.90 bits per heavy atom. The predicted octanol–water partition coefficient (Wildman–Crippen LogP) is 1.25. The maximum absolute atomic E-state index is 13.7. The minimum absolute atomic E-state index is 0.0377. The van der Waals surface area contributed by atoms with Gasteiger partial charge in [-0.3, -0.25) is 19.2 Å². The van der Waals surface area contributed by atoms with Gasteiger partial charge in [-0.05, 0) is 51.4 Å². The second-order valence-corrected chi connectivity index (χ2v) is 11.8. The van der Waals surface area contributed by atoms with Gasteiger partial charge in [0, 0.05) is 6.54 Å². The van der Waals surface area contributed by atoms with Gasteiger partial charge in [-0.25, -0.2) is 9.59 Å². The highest BCUT2D eigenvalue weighted by Gasteiger charge is 2.43. The first-order chi connectivity index (χ1) is 17.9. The number of carbonyl (C=O) groups is 6. The summed E-state index contributed by atoms with van der Waals surface area (Å²) >= 11 is 0. The van der Waals surface area contributed by atoms with Gasteiger partial charge < -0.3 is 31.3 Å². The summed E-state index contributed by atoms with van der Waals surface area (Å²) in [5.74, 6) is -4.22. The topological polar surface area (TPSA) is 177 Å². The van der Waals surface area contributed by atoms with Crippen LogP contribution in [-0.4, -0.2) is 76.7 Å². The second-order valence-electron chi connectivity index (χ2n) is 11.8. The van der Waals surface area contributed by atoms with E-state index in [1.165, 1.54) is 4.90 Å². The largest absolute Gasteiger partial charge is 0.458 e. The van der Waals surface area contributed by atoms with Crippen molar-refractivity contribution in [1.29, 1.82) is 0 Å². The molecule has 1 heterocycles. The molecule has 0 aliphatic carbocycles. The Hall–Kier alpha value is -3.18. The van der Waals surface area contributed by atoms with Crippen LogP contribution in [0.5, 0.6) is 0 Å². The molecule has 1 aliphatic heterocycles. The van der Waals surface area contributed by atoms with E-state index in [0.29, 0.717) is 13.0 Å². The van der Waals surface area contributed by atoms with Crippen molar-refractivity contribution in [3.8, 4) is 0 Å². The van der Waals surface area contributed by atoms with Gasteiger partial charge in [0.2, 0.25) is 17.6 Å². The molecule has 12 nitrogen and oxygen atoms in total. The molecule has 12 heteroatoms. The summed E-state index contributed by atoms with van der Waals surface area (Å²) in [5.41, 5.74) is 4.37. The molecule has 0 spiro atoms. The van der Waals surface area contributed by atoms with Crippen LogP contribution >= 0.6 is 0 Å². The van der Waals surface area contributed by atoms with Crippen molar-refractivity contribution in [3.05, 3.63) is 0 Å². The minimum atomic E-state index is -1.14. The molecule has 0 aromatic heterocycles. The fourth-order valence-corrected chi connectivity index (χ4v) is 4.38. The Morgan fingerprint density at radius 2 is 1.46 bits per heavy atom. The van der Waals surface area contributed by atoms with Gasteiger partial charge >= 0.3 is 12.0 Å². The lowest BCUT2D eigenvalue weighted by Gasteiger charge is -2.32. The summed E-state index contributed by atoms with van der Waals surface area (Å²) in [6.07, 6.45) is 1.26. The zero-order valence-electron chi connectivity index (χ0n) is 24.8. The first kappa shape index (κ1) is 33.8. The second kappa shape index (κ2) is 14.3. The van der Waals surface area contributed by atoms with Crippen LogP contribution in [0, 0.1) is 17.8 Å². The molecule has 0 radical (unpaired) electrons. The molecule has 1 aliphatic rings. The van der Waals surface area contributed by atoms with E-state index in [1.54, 1.807) is 55.4 Å². The number of carbonyl (C=O) groups excluding carboxylic acids is 6. The number of hydrogen-bond acceptors (Lipinski definition) is 7. The highest BCUT2D eigenvalue weighted by atomic mass is 16.6. The highest BCUT2D eigenvalue weighted by Crippen LogP contribution is 2.27. The first-order valence-electron chi connectivity index (χ1n) is 13.7. The number of nitrogens with two attached hydrogens (primary N) is 1. The number of esters is 1. The number of hydrogen-bond donors (Lipinski definition) is 4. The third kappa shape index (κ3) is 9.81. The maximum Gasteiger partial charge on any atom is 0.329 e. The lowest BCUT2D eigenvalue weighted by Crippen LogP contribution is -2.59. The Balaban J connectivity index is 3.11. The zero-order chi connectivity index (χ0) is 30.2. The van der Waals surface area contributed by atoms with Gasteiger partial charge in [-0.1, -0.05) is 48.0 Å². The van der Waals surface area contributed by atoms with E-state index in [-0.39, 0.29) is 24.2 Å². The normalized spacial score (nSPS) is 19.7. The summed E-state index contributed by atoms with van der Waals surface area (Å²) < 4.78 is 5.43. The van der Waals surface area contributed by atoms with Crippen molar-refractivity contribution in [2.45, 2.75) is 111 Å². The molecule has 1 saturated heterocycles. The lowest BCUT2D eigenvalue weighted by atomic mass is 10.0. The van der Waals surface area contributed by atoms with Crippen molar-refractivity contribution < 1.29 is 33.5 Å². The SMILES string of the molecule is CCC(NC(=O)[C@@H]1C[C@@H](CC)CN1C(=O)C(NC(=O)NC(C(=O)OC(C)(C)C)C(C)C)C(C)C)C(=O)C(N)=O. The number of ether oxygens (including phenoxy) is 1. The summed E-state index contributed by atoms with van der Waals surface area (Å²) in [5, 5.41) is 7.87. The number of Topliss-reactive ketones (excluding diaryl/α,β-unsaturated/α-hetero) is 1. The summed E-state index contributed by atoms with van der Waals surface area (Å²) in [6, 6.07) is -4.60. The van der Waals surface area contributed by atoms with Gasteiger partial charge in [0.25, 0.3) is 5.91 Å². The maximum atomic E-state index is 13.7. The van der Waals surface area contributed by atoms with E-state index in [4.69, 9.17) is 10.5 Å². The number of ketones is 1. The van der Waals surface area contributed by atoms with Crippen LogP contribution in [-0.2, 0) is 28.7 Å². The fraction of sp³-hybridized carbons (Fsp3) is 0.778. The number of nitrogens with one attached hydrogen (secondary N) is 3. The van der Waals surface area contributed by atoms with E-state index in [2.05, 4.69) is 16.0 Å². The molecule has 39 heavy (non-hydrogen) atoms. The monoisotopic (exact) mass is 553 g/mol. The molecule has 0 bridgehead atoms. The van der Waals surface area contributed by atoms with Crippen LogP contribution < -0.4 is 21.7 Å². The number of urea groups is 1. The summed E-state index contributed by atoms with van der Waals surface area (Å²) in [4.78, 5) is 77.4. The summed E-state index contributed by atoms with van der Waals surface area (Å²) in [6.45, 7) is 16.1. The standard InChI is InChI=1S/C27H47N5O7/c1-10-16-12-18(23(35)29-17(11-2)21(33)22(28)34)32(13-16)24(36)19(14(3)4)30-26(38)31-20(15(5)6)25(37)39-27(7,8)9/h14-20H,10-13H2,1-9H3,(H2,28,34)(H,29,35)(H2,30,31,38)/t16-,17?,18+,19?,20?/m1/s1.